The molecule has 0 saturated carbocycles. The van der Waals surface area contributed by atoms with E-state index in [1.165, 1.54) is 0 Å². The number of fused-ring (bicyclic) bond motifs is 1. The van der Waals surface area contributed by atoms with Gasteiger partial charge in [0, 0.05) is 23.9 Å². The summed E-state index contributed by atoms with van der Waals surface area (Å²) in [5.74, 6) is 1.43. The Kier molecular flexibility index (Phi) is 3.53. The number of rotatable bonds is 4. The molecule has 0 atom stereocenters. The van der Waals surface area contributed by atoms with Crippen LogP contribution in [0.4, 0.5) is 17.1 Å². The average Bonchev–Trinajstić information content (AvgIpc) is 2.99. The van der Waals surface area contributed by atoms with Crippen LogP contribution in [0, 0.1) is 0 Å². The zero-order chi connectivity index (χ0) is 14.8. The molecule has 0 fully saturated rings. The smallest absolute Gasteiger partial charge is 0.124 e. The molecule has 3 rings (SSSR count). The molecule has 3 aromatic rings. The molecule has 1 aromatic heterocycles. The maximum absolute atomic E-state index is 6.17. The second-order valence-electron chi connectivity index (χ2n) is 4.45. The first-order valence-corrected chi connectivity index (χ1v) is 7.21. The second-order valence-corrected chi connectivity index (χ2v) is 5.34. The van der Waals surface area contributed by atoms with Crippen molar-refractivity contribution in [2.45, 2.75) is 0 Å². The van der Waals surface area contributed by atoms with Gasteiger partial charge in [-0.05, 0) is 12.1 Å². The fraction of sp³-hybridized carbons (Fsp3) is 0.133. The largest absolute Gasteiger partial charge is 0.497 e. The molecule has 5 nitrogen and oxygen atoms in total. The van der Waals surface area contributed by atoms with E-state index in [1.54, 1.807) is 31.1 Å². The summed E-state index contributed by atoms with van der Waals surface area (Å²) in [5, 5.41) is 3.28. The molecule has 0 amide bonds. The molecule has 3 N–H and O–H groups in total. The molecule has 0 radical (unpaired) electrons. The van der Waals surface area contributed by atoms with Crippen molar-refractivity contribution >= 4 is 38.6 Å². The summed E-state index contributed by atoms with van der Waals surface area (Å²) in [6.07, 6.45) is 0. The van der Waals surface area contributed by atoms with Gasteiger partial charge >= 0.3 is 0 Å². The van der Waals surface area contributed by atoms with Crippen molar-refractivity contribution in [2.75, 3.05) is 25.3 Å². The number of thiazole rings is 1. The van der Waals surface area contributed by atoms with Gasteiger partial charge in [0.05, 0.1) is 35.8 Å². The fourth-order valence-corrected chi connectivity index (χ4v) is 2.79. The van der Waals surface area contributed by atoms with Crippen LogP contribution in [0.1, 0.15) is 0 Å². The summed E-state index contributed by atoms with van der Waals surface area (Å²) < 4.78 is 11.6. The minimum Gasteiger partial charge on any atom is -0.497 e. The van der Waals surface area contributed by atoms with Crippen molar-refractivity contribution in [1.82, 2.24) is 4.98 Å². The predicted molar refractivity (Wildman–Crippen MR) is 86.9 cm³/mol. The third kappa shape index (κ3) is 2.57. The van der Waals surface area contributed by atoms with Gasteiger partial charge in [-0.25, -0.2) is 4.98 Å². The van der Waals surface area contributed by atoms with E-state index in [9.17, 15) is 0 Å². The summed E-state index contributed by atoms with van der Waals surface area (Å²) >= 11 is 1.57. The summed E-state index contributed by atoms with van der Waals surface area (Å²) in [4.78, 5) is 4.29. The summed E-state index contributed by atoms with van der Waals surface area (Å²) in [5.41, 5.74) is 11.1. The number of anilines is 3. The van der Waals surface area contributed by atoms with Crippen molar-refractivity contribution < 1.29 is 9.47 Å². The highest BCUT2D eigenvalue weighted by molar-refractivity contribution is 7.16. The zero-order valence-corrected chi connectivity index (χ0v) is 12.5. The molecule has 0 spiro atoms. The maximum Gasteiger partial charge on any atom is 0.124 e. The Balaban J connectivity index is 1.99. The van der Waals surface area contributed by atoms with Crippen LogP contribution in [-0.2, 0) is 0 Å². The lowest BCUT2D eigenvalue weighted by molar-refractivity contribution is 0.395. The van der Waals surface area contributed by atoms with Gasteiger partial charge in [-0.2, -0.15) is 0 Å². The van der Waals surface area contributed by atoms with Crippen LogP contribution in [0.15, 0.2) is 35.8 Å². The number of methoxy groups -OCH3 is 2. The van der Waals surface area contributed by atoms with Crippen LogP contribution in [0.5, 0.6) is 11.5 Å². The van der Waals surface area contributed by atoms with Crippen LogP contribution in [0.25, 0.3) is 10.2 Å². The van der Waals surface area contributed by atoms with Gasteiger partial charge in [-0.3, -0.25) is 0 Å². The second kappa shape index (κ2) is 5.49. The molecule has 108 valence electrons. The Labute approximate surface area is 126 Å². The highest BCUT2D eigenvalue weighted by atomic mass is 32.1. The standard InChI is InChI=1S/C15H15N3O2S/c1-19-10-5-9(6-11(7-10)20-2)18-12-3-4-13-15(14(12)16)17-8-21-13/h3-8,18H,16H2,1-2H3. The van der Waals surface area contributed by atoms with Crippen LogP contribution in [-0.4, -0.2) is 19.2 Å². The molecule has 0 saturated heterocycles. The zero-order valence-electron chi connectivity index (χ0n) is 11.7. The van der Waals surface area contributed by atoms with Crippen LogP contribution in [0.2, 0.25) is 0 Å². The maximum atomic E-state index is 6.17. The van der Waals surface area contributed by atoms with E-state index in [0.717, 1.165) is 21.6 Å². The molecule has 0 aliphatic carbocycles. The Bertz CT molecular complexity index is 763. The van der Waals surface area contributed by atoms with Crippen molar-refractivity contribution in [3.8, 4) is 11.5 Å². The van der Waals surface area contributed by atoms with Crippen LogP contribution < -0.4 is 20.5 Å². The van der Waals surface area contributed by atoms with Gasteiger partial charge in [0.25, 0.3) is 0 Å². The van der Waals surface area contributed by atoms with Gasteiger partial charge in [0.2, 0.25) is 0 Å². The number of aromatic nitrogens is 1. The van der Waals surface area contributed by atoms with Gasteiger partial charge in [-0.1, -0.05) is 0 Å². The number of nitrogens with zero attached hydrogens (tertiary/aromatic N) is 1. The van der Waals surface area contributed by atoms with Gasteiger partial charge in [0.1, 0.15) is 17.0 Å². The SMILES string of the molecule is COc1cc(Nc2ccc3scnc3c2N)cc(OC)c1. The summed E-state index contributed by atoms with van der Waals surface area (Å²) in [7, 11) is 3.24. The quantitative estimate of drug-likeness (QED) is 0.720. The number of nitrogen functional groups attached to an aromatic ring is 1. The molecule has 0 bridgehead atoms. The third-order valence-electron chi connectivity index (χ3n) is 3.17. The Morgan fingerprint density at radius 1 is 1.10 bits per heavy atom. The van der Waals surface area contributed by atoms with E-state index in [2.05, 4.69) is 10.3 Å². The number of hydrogen-bond donors (Lipinski definition) is 2. The normalized spacial score (nSPS) is 10.6. The fourth-order valence-electron chi connectivity index (χ4n) is 2.10. The number of hydrogen-bond acceptors (Lipinski definition) is 6. The number of nitrogens with two attached hydrogens (primary N) is 1. The van der Waals surface area contributed by atoms with Crippen LogP contribution >= 0.6 is 11.3 Å². The lowest BCUT2D eigenvalue weighted by Crippen LogP contribution is -1.98. The van der Waals surface area contributed by atoms with Crippen molar-refractivity contribution in [3.05, 3.63) is 35.8 Å². The lowest BCUT2D eigenvalue weighted by atomic mass is 10.2. The van der Waals surface area contributed by atoms with Crippen molar-refractivity contribution in [2.24, 2.45) is 0 Å². The van der Waals surface area contributed by atoms with Crippen LogP contribution in [0.3, 0.4) is 0 Å². The molecule has 21 heavy (non-hydrogen) atoms. The monoisotopic (exact) mass is 301 g/mol. The minimum absolute atomic E-state index is 0.635. The van der Waals surface area contributed by atoms with E-state index in [-0.39, 0.29) is 0 Å². The molecule has 1 heterocycles. The van der Waals surface area contributed by atoms with Gasteiger partial charge in [0.15, 0.2) is 0 Å². The van der Waals surface area contributed by atoms with Crippen molar-refractivity contribution in [3.63, 3.8) is 0 Å². The first kappa shape index (κ1) is 13.5. The van der Waals surface area contributed by atoms with Crippen molar-refractivity contribution in [1.29, 1.82) is 0 Å². The van der Waals surface area contributed by atoms with E-state index in [0.29, 0.717) is 17.2 Å². The van der Waals surface area contributed by atoms with Gasteiger partial charge < -0.3 is 20.5 Å². The number of benzene rings is 2. The number of ether oxygens (including phenoxy) is 2. The average molecular weight is 301 g/mol. The molecule has 0 unspecified atom stereocenters. The summed E-state index contributed by atoms with van der Waals surface area (Å²) in [6.45, 7) is 0. The first-order chi connectivity index (χ1) is 10.2. The molecule has 0 aliphatic heterocycles. The highest BCUT2D eigenvalue weighted by Gasteiger charge is 2.08. The van der Waals surface area contributed by atoms with E-state index in [4.69, 9.17) is 15.2 Å². The predicted octanol–water partition coefficient (Wildman–Crippen LogP) is 3.64. The Morgan fingerprint density at radius 3 is 2.48 bits per heavy atom. The molecule has 0 aliphatic rings. The van der Waals surface area contributed by atoms with Gasteiger partial charge in [-0.15, -0.1) is 11.3 Å². The van der Waals surface area contributed by atoms with E-state index in [1.807, 2.05) is 30.3 Å². The number of nitrogens with one attached hydrogen (secondary N) is 1. The lowest BCUT2D eigenvalue weighted by Gasteiger charge is -2.12. The Hall–Kier alpha value is -2.47. The molecular weight excluding hydrogens is 286 g/mol. The highest BCUT2D eigenvalue weighted by Crippen LogP contribution is 2.34. The van der Waals surface area contributed by atoms with E-state index >= 15 is 0 Å². The minimum atomic E-state index is 0.635. The summed E-state index contributed by atoms with van der Waals surface area (Å²) in [6, 6.07) is 9.53. The Morgan fingerprint density at radius 2 is 1.81 bits per heavy atom. The topological polar surface area (TPSA) is 69.4 Å². The van der Waals surface area contributed by atoms with E-state index < -0.39 is 0 Å². The molecule has 2 aromatic carbocycles. The third-order valence-corrected chi connectivity index (χ3v) is 3.97. The molecular formula is C15H15N3O2S. The first-order valence-electron chi connectivity index (χ1n) is 6.33. The molecule has 6 heteroatoms.